The van der Waals surface area contributed by atoms with E-state index in [1.807, 2.05) is 0 Å². The molecule has 0 saturated heterocycles. The first-order valence-corrected chi connectivity index (χ1v) is 4.38. The maximum Gasteiger partial charge on any atom is 0.252 e. The standard InChI is InChI=1S/C10H11F2NO/c11-10(12)5-9(13,6-10)7-2-1-3-8(14)4-7/h1-4,14H,5-6,13H2. The Hall–Kier alpha value is -1.16. The van der Waals surface area contributed by atoms with E-state index in [4.69, 9.17) is 5.73 Å². The molecule has 0 aliphatic heterocycles. The molecule has 0 atom stereocenters. The number of phenolic OH excluding ortho intramolecular Hbond substituents is 1. The molecule has 4 heteroatoms. The molecule has 0 amide bonds. The molecule has 1 aromatic carbocycles. The van der Waals surface area contributed by atoms with Crippen molar-refractivity contribution in [3.63, 3.8) is 0 Å². The van der Waals surface area contributed by atoms with Gasteiger partial charge in [0.15, 0.2) is 0 Å². The van der Waals surface area contributed by atoms with Gasteiger partial charge in [0.2, 0.25) is 0 Å². The number of halogens is 2. The van der Waals surface area contributed by atoms with Gasteiger partial charge in [-0.3, -0.25) is 0 Å². The van der Waals surface area contributed by atoms with Crippen LogP contribution in [0.3, 0.4) is 0 Å². The first-order chi connectivity index (χ1) is 6.41. The van der Waals surface area contributed by atoms with Crippen LogP contribution in [0.5, 0.6) is 5.75 Å². The fourth-order valence-corrected chi connectivity index (χ4v) is 1.89. The molecule has 0 radical (unpaired) electrons. The van der Waals surface area contributed by atoms with E-state index in [0.717, 1.165) is 0 Å². The lowest BCUT2D eigenvalue weighted by Crippen LogP contribution is -2.55. The molecule has 0 heterocycles. The fourth-order valence-electron chi connectivity index (χ4n) is 1.89. The van der Waals surface area contributed by atoms with Crippen LogP contribution in [0.25, 0.3) is 0 Å². The minimum absolute atomic E-state index is 0.0579. The van der Waals surface area contributed by atoms with Gasteiger partial charge in [-0.2, -0.15) is 0 Å². The van der Waals surface area contributed by atoms with Gasteiger partial charge in [0, 0.05) is 12.8 Å². The Kier molecular flexibility index (Phi) is 1.79. The van der Waals surface area contributed by atoms with Crippen LogP contribution in [0, 0.1) is 0 Å². The summed E-state index contributed by atoms with van der Waals surface area (Å²) in [4.78, 5) is 0. The maximum absolute atomic E-state index is 12.7. The smallest absolute Gasteiger partial charge is 0.252 e. The number of hydrogen-bond acceptors (Lipinski definition) is 2. The maximum atomic E-state index is 12.7. The lowest BCUT2D eigenvalue weighted by Gasteiger charge is -2.44. The van der Waals surface area contributed by atoms with Crippen molar-refractivity contribution in [2.24, 2.45) is 5.73 Å². The Morgan fingerprint density at radius 1 is 1.29 bits per heavy atom. The number of aromatic hydroxyl groups is 1. The number of phenols is 1. The van der Waals surface area contributed by atoms with E-state index >= 15 is 0 Å². The predicted octanol–water partition coefficient (Wildman–Crippen LogP) is 1.98. The number of alkyl halides is 2. The number of rotatable bonds is 1. The Morgan fingerprint density at radius 3 is 2.43 bits per heavy atom. The highest BCUT2D eigenvalue weighted by Crippen LogP contribution is 2.50. The van der Waals surface area contributed by atoms with Gasteiger partial charge in [0.05, 0.1) is 5.54 Å². The summed E-state index contributed by atoms with van der Waals surface area (Å²) in [5.74, 6) is -2.59. The lowest BCUT2D eigenvalue weighted by molar-refractivity contribution is -0.125. The molecule has 1 aliphatic rings. The van der Waals surface area contributed by atoms with Gasteiger partial charge in [-0.05, 0) is 17.7 Å². The fraction of sp³-hybridized carbons (Fsp3) is 0.400. The van der Waals surface area contributed by atoms with Gasteiger partial charge < -0.3 is 10.8 Å². The Balaban J connectivity index is 2.25. The Bertz CT molecular complexity index is 357. The second-order valence-corrected chi connectivity index (χ2v) is 3.92. The van der Waals surface area contributed by atoms with Crippen LogP contribution in [0.15, 0.2) is 24.3 Å². The highest BCUT2D eigenvalue weighted by atomic mass is 19.3. The largest absolute Gasteiger partial charge is 0.508 e. The molecule has 2 nitrogen and oxygen atoms in total. The average molecular weight is 199 g/mol. The number of hydrogen-bond donors (Lipinski definition) is 2. The minimum atomic E-state index is -2.65. The summed E-state index contributed by atoms with van der Waals surface area (Å²) in [7, 11) is 0. The lowest BCUT2D eigenvalue weighted by atomic mass is 9.70. The topological polar surface area (TPSA) is 46.2 Å². The van der Waals surface area contributed by atoms with Crippen LogP contribution >= 0.6 is 0 Å². The van der Waals surface area contributed by atoms with Crippen molar-refractivity contribution in [3.8, 4) is 5.75 Å². The summed E-state index contributed by atoms with van der Waals surface area (Å²) < 4.78 is 25.4. The summed E-state index contributed by atoms with van der Waals surface area (Å²) in [5.41, 5.74) is 5.38. The number of benzene rings is 1. The molecule has 1 aliphatic carbocycles. The van der Waals surface area contributed by atoms with Crippen LogP contribution in [-0.4, -0.2) is 11.0 Å². The van der Waals surface area contributed by atoms with Crippen LogP contribution in [-0.2, 0) is 5.54 Å². The van der Waals surface area contributed by atoms with Gasteiger partial charge in [0.1, 0.15) is 5.75 Å². The third kappa shape index (κ3) is 1.46. The normalized spacial score (nSPS) is 22.8. The molecule has 3 N–H and O–H groups in total. The van der Waals surface area contributed by atoms with Gasteiger partial charge >= 0.3 is 0 Å². The van der Waals surface area contributed by atoms with Crippen molar-refractivity contribution in [1.29, 1.82) is 0 Å². The first-order valence-electron chi connectivity index (χ1n) is 4.38. The van der Waals surface area contributed by atoms with Crippen molar-refractivity contribution < 1.29 is 13.9 Å². The molecule has 0 aromatic heterocycles. The molecule has 76 valence electrons. The zero-order valence-electron chi connectivity index (χ0n) is 7.50. The van der Waals surface area contributed by atoms with E-state index in [2.05, 4.69) is 0 Å². The molecular weight excluding hydrogens is 188 g/mol. The van der Waals surface area contributed by atoms with Crippen LogP contribution in [0.2, 0.25) is 0 Å². The van der Waals surface area contributed by atoms with Gasteiger partial charge in [-0.1, -0.05) is 12.1 Å². The second kappa shape index (κ2) is 2.67. The highest BCUT2D eigenvalue weighted by Gasteiger charge is 2.55. The third-order valence-electron chi connectivity index (χ3n) is 2.57. The Morgan fingerprint density at radius 2 is 1.93 bits per heavy atom. The Labute approximate surface area is 80.4 Å². The summed E-state index contributed by atoms with van der Waals surface area (Å²) >= 11 is 0. The SMILES string of the molecule is NC1(c2cccc(O)c2)CC(F)(F)C1. The van der Waals surface area contributed by atoms with Crippen LogP contribution in [0.4, 0.5) is 8.78 Å². The van der Waals surface area contributed by atoms with Crippen molar-refractivity contribution in [3.05, 3.63) is 29.8 Å². The molecule has 14 heavy (non-hydrogen) atoms. The summed E-state index contributed by atoms with van der Waals surface area (Å²) in [6.07, 6.45) is -0.688. The van der Waals surface area contributed by atoms with Gasteiger partial charge in [-0.15, -0.1) is 0 Å². The molecule has 2 rings (SSSR count). The van der Waals surface area contributed by atoms with E-state index in [1.54, 1.807) is 12.1 Å². The number of nitrogens with two attached hydrogens (primary N) is 1. The van der Waals surface area contributed by atoms with Crippen molar-refractivity contribution in [1.82, 2.24) is 0 Å². The molecular formula is C10H11F2NO. The molecule has 1 aromatic rings. The molecule has 0 spiro atoms. The van der Waals surface area contributed by atoms with E-state index in [9.17, 15) is 13.9 Å². The van der Waals surface area contributed by atoms with E-state index < -0.39 is 11.5 Å². The summed E-state index contributed by atoms with van der Waals surface area (Å²) in [6, 6.07) is 6.20. The molecule has 1 saturated carbocycles. The third-order valence-corrected chi connectivity index (χ3v) is 2.57. The monoisotopic (exact) mass is 199 g/mol. The average Bonchev–Trinajstić information content (AvgIpc) is 2.00. The van der Waals surface area contributed by atoms with Crippen molar-refractivity contribution in [2.75, 3.05) is 0 Å². The van der Waals surface area contributed by atoms with Crippen molar-refractivity contribution in [2.45, 2.75) is 24.3 Å². The van der Waals surface area contributed by atoms with E-state index in [-0.39, 0.29) is 18.6 Å². The van der Waals surface area contributed by atoms with Crippen LogP contribution < -0.4 is 5.73 Å². The zero-order valence-corrected chi connectivity index (χ0v) is 7.50. The first kappa shape index (κ1) is 9.40. The minimum Gasteiger partial charge on any atom is -0.508 e. The zero-order chi connectivity index (χ0) is 10.4. The van der Waals surface area contributed by atoms with Gasteiger partial charge in [0.25, 0.3) is 5.92 Å². The summed E-state index contributed by atoms with van der Waals surface area (Å²) in [5, 5.41) is 9.18. The van der Waals surface area contributed by atoms with Gasteiger partial charge in [-0.25, -0.2) is 8.78 Å². The predicted molar refractivity (Wildman–Crippen MR) is 48.2 cm³/mol. The highest BCUT2D eigenvalue weighted by molar-refractivity contribution is 5.34. The second-order valence-electron chi connectivity index (χ2n) is 3.92. The molecule has 0 unspecified atom stereocenters. The summed E-state index contributed by atoms with van der Waals surface area (Å²) in [6.45, 7) is 0. The van der Waals surface area contributed by atoms with Crippen molar-refractivity contribution >= 4 is 0 Å². The molecule has 0 bridgehead atoms. The molecule has 1 fully saturated rings. The quantitative estimate of drug-likeness (QED) is 0.726. The van der Waals surface area contributed by atoms with E-state index in [0.29, 0.717) is 5.56 Å². The van der Waals surface area contributed by atoms with Crippen LogP contribution in [0.1, 0.15) is 18.4 Å². The van der Waals surface area contributed by atoms with E-state index in [1.165, 1.54) is 12.1 Å².